The molecule has 8 aromatic heterocycles. The lowest BCUT2D eigenvalue weighted by atomic mass is 9.98. The van der Waals surface area contributed by atoms with Gasteiger partial charge in [-0.1, -0.05) is 55.4 Å². The van der Waals surface area contributed by atoms with Gasteiger partial charge < -0.3 is 79.8 Å². The molecule has 0 spiro atoms. The van der Waals surface area contributed by atoms with Crippen molar-refractivity contribution >= 4 is 123 Å². The minimum atomic E-state index is -3.95. The van der Waals surface area contributed by atoms with Crippen molar-refractivity contribution in [3.05, 3.63) is 25.3 Å². The smallest absolute Gasteiger partial charge is 0.406 e. The van der Waals surface area contributed by atoms with Gasteiger partial charge in [-0.15, -0.1) is 0 Å². The third-order valence-corrected chi connectivity index (χ3v) is 29.1. The number of nitrogen functional groups attached to an aromatic ring is 4. The van der Waals surface area contributed by atoms with Crippen molar-refractivity contribution in [2.75, 3.05) is 115 Å². The summed E-state index contributed by atoms with van der Waals surface area (Å²) in [6, 6.07) is -1.04. The molecule has 8 aliphatic heterocycles. The number of nitrogens with zero attached hydrogens (tertiary/aromatic N) is 16. The molecule has 8 aromatic rings. The summed E-state index contributed by atoms with van der Waals surface area (Å²) in [5.41, 5.74) is 16.7. The van der Waals surface area contributed by atoms with E-state index < -0.39 is 151 Å². The van der Waals surface area contributed by atoms with Gasteiger partial charge in [0.25, 0.3) is 0 Å². The summed E-state index contributed by atoms with van der Waals surface area (Å²) in [5, 5.41) is 10.7. The number of imidazole rings is 4. The highest BCUT2D eigenvalue weighted by atomic mass is 31.2. The van der Waals surface area contributed by atoms with E-state index in [-0.39, 0.29) is 172 Å². The van der Waals surface area contributed by atoms with Crippen LogP contribution in [0.15, 0.2) is 25.3 Å². The maximum Gasteiger partial charge on any atom is 0.406 e. The van der Waals surface area contributed by atoms with Gasteiger partial charge in [-0.2, -0.15) is 39.9 Å². The van der Waals surface area contributed by atoms with Crippen LogP contribution in [0, 0.1) is 11.8 Å². The van der Waals surface area contributed by atoms with Crippen LogP contribution in [0.25, 0.3) is 44.7 Å². The number of esters is 4. The molecule has 16 rings (SSSR count). The second-order valence-electron chi connectivity index (χ2n) is 33.6. The molecule has 764 valence electrons. The van der Waals surface area contributed by atoms with Crippen molar-refractivity contribution in [1.82, 2.24) is 98.4 Å². The lowest BCUT2D eigenvalue weighted by Gasteiger charge is -2.35. The van der Waals surface area contributed by atoms with E-state index in [1.54, 1.807) is 69.2 Å². The zero-order chi connectivity index (χ0) is 100. The van der Waals surface area contributed by atoms with Gasteiger partial charge in [0.2, 0.25) is 47.3 Å². The molecule has 0 radical (unpaired) electrons. The number of carbonyl (C=O) groups excluding carboxylic acids is 4. The Bertz CT molecular complexity index is 5520. The van der Waals surface area contributed by atoms with Crippen LogP contribution < -0.4 is 62.2 Å². The highest BCUT2D eigenvalue weighted by Crippen LogP contribution is 2.62. The van der Waals surface area contributed by atoms with Crippen molar-refractivity contribution in [2.45, 2.75) is 245 Å². The Morgan fingerprint density at radius 3 is 0.884 bits per heavy atom. The van der Waals surface area contributed by atoms with Gasteiger partial charge in [-0.05, 0) is 68.2 Å². The van der Waals surface area contributed by atoms with E-state index >= 15 is 17.6 Å². The van der Waals surface area contributed by atoms with E-state index in [4.69, 9.17) is 116 Å². The summed E-state index contributed by atoms with van der Waals surface area (Å²) in [6.45, 7) is 26.6. The van der Waals surface area contributed by atoms with Gasteiger partial charge in [-0.25, -0.2) is 76.1 Å². The first-order valence-corrected chi connectivity index (χ1v) is 50.8. The second kappa shape index (κ2) is 43.5. The number of ether oxygens (including phenoxy) is 12. The van der Waals surface area contributed by atoms with Gasteiger partial charge in [0.1, 0.15) is 75.3 Å². The number of anilines is 4. The first-order chi connectivity index (χ1) is 65.3. The van der Waals surface area contributed by atoms with Gasteiger partial charge in [0.15, 0.2) is 92.2 Å². The third-order valence-electron chi connectivity index (χ3n) is 22.5. The minimum absolute atomic E-state index is 0.0102. The number of alkyl halides is 4. The first kappa shape index (κ1) is 106. The molecule has 0 saturated carbocycles. The average molecular weight is 2040 g/mol. The Kier molecular flexibility index (Phi) is 33.4. The predicted octanol–water partition coefficient (Wildman–Crippen LogP) is 8.05. The number of nitrogens with one attached hydrogen (secondary N) is 4. The van der Waals surface area contributed by atoms with Crippen molar-refractivity contribution in [2.24, 2.45) is 11.8 Å². The Morgan fingerprint density at radius 1 is 0.406 bits per heavy atom. The van der Waals surface area contributed by atoms with E-state index in [1.807, 2.05) is 13.8 Å². The molecule has 0 aliphatic carbocycles. The van der Waals surface area contributed by atoms with E-state index in [9.17, 15) is 37.4 Å². The number of fused-ring (bicyclic) bond motifs is 8. The number of halogens is 4. The summed E-state index contributed by atoms with van der Waals surface area (Å²) < 4.78 is 233. The number of carbonyl (C=O) groups is 4. The first-order valence-electron chi connectivity index (χ1n) is 44.6. The normalized spacial score (nSPS) is 31.2. The molecule has 60 heteroatoms. The predicted molar refractivity (Wildman–Crippen MR) is 476 cm³/mol. The highest BCUT2D eigenvalue weighted by Gasteiger charge is 2.66. The summed E-state index contributed by atoms with van der Waals surface area (Å²) >= 11 is 0. The minimum Gasteiger partial charge on any atom is -0.476 e. The molecule has 8 saturated heterocycles. The standard InChI is InChI=1S/2C21H32FN6O7P.2C18H26FN6O7P/c2*1-6-12(8-32-18(29)11(3)4)27-36(30)33-9-13-15(35-36)21(5,22)19(34-13)28-10-24-14-16(28)25-20(23)26-17(14)31-7-2;2*1-4-11(26)29-7-6-22-33(27)30-8-10-13(32-33)18(3,19)16(31-10)25-9-21-12-14(25)23-17(20)24-15(12)28-5-2/h2*10-13,15,19H,6-9H2,1-5H3,(H,27,30)(H2,23,25,26);2*9-10,13,16H,4-8H2,1-3H3,(H,22,27)(H2,20,23,24)/t12-,13+,15+,19+,21+,36+;12-,13+,15+,19+,21+,36-;10-,13-,16-,18-,33?;10-,13-,16-,18-,33-/m0011/s1. The number of nitrogens with two attached hydrogens (primary N) is 4. The van der Waals surface area contributed by atoms with Crippen LogP contribution in [-0.2, 0) is 112 Å². The van der Waals surface area contributed by atoms with Crippen LogP contribution in [0.1, 0.15) is 161 Å². The fraction of sp³-hybridized carbons (Fsp3) is 0.692. The van der Waals surface area contributed by atoms with Gasteiger partial charge >= 0.3 is 54.9 Å². The zero-order valence-electron chi connectivity index (χ0n) is 78.5. The summed E-state index contributed by atoms with van der Waals surface area (Å²) in [4.78, 5) is 95.9. The van der Waals surface area contributed by atoms with Crippen LogP contribution in [0.3, 0.4) is 0 Å². The average Bonchev–Trinajstić information content (AvgIpc) is 1.61. The zero-order valence-corrected chi connectivity index (χ0v) is 82.0. The van der Waals surface area contributed by atoms with E-state index in [1.165, 1.54) is 71.3 Å². The number of hydrogen-bond donors (Lipinski definition) is 8. The number of aromatic nitrogens is 16. The van der Waals surface area contributed by atoms with Crippen LogP contribution in [0.4, 0.5) is 41.4 Å². The van der Waals surface area contributed by atoms with E-state index in [0.29, 0.717) is 61.3 Å². The second-order valence-corrected chi connectivity index (χ2v) is 40.6. The number of hydrogen-bond acceptors (Lipinski definition) is 44. The maximum absolute atomic E-state index is 16.3. The lowest BCUT2D eigenvalue weighted by Crippen LogP contribution is -2.47. The Labute approximate surface area is 787 Å². The number of rotatable bonds is 34. The highest BCUT2D eigenvalue weighted by molar-refractivity contribution is 7.52. The van der Waals surface area contributed by atoms with Gasteiger partial charge in [0.05, 0.1) is 102 Å². The van der Waals surface area contributed by atoms with Crippen molar-refractivity contribution < 1.29 is 148 Å². The van der Waals surface area contributed by atoms with E-state index in [0.717, 1.165) is 0 Å². The molecule has 8 aliphatic rings. The molecule has 0 bridgehead atoms. The molecule has 138 heavy (non-hydrogen) atoms. The summed E-state index contributed by atoms with van der Waals surface area (Å²) in [7, 11) is -15.6. The van der Waals surface area contributed by atoms with Crippen molar-refractivity contribution in [1.29, 1.82) is 0 Å². The Hall–Kier alpha value is -9.52. The lowest BCUT2D eigenvalue weighted by molar-refractivity contribution is -0.148. The molecule has 0 aromatic carbocycles. The van der Waals surface area contributed by atoms with Gasteiger partial charge in [0, 0.05) is 25.9 Å². The molecule has 0 amide bonds. The van der Waals surface area contributed by atoms with Crippen LogP contribution in [0.5, 0.6) is 23.5 Å². The summed E-state index contributed by atoms with van der Waals surface area (Å²) in [5.74, 6) is -1.74. The molecule has 52 nitrogen and oxygen atoms in total. The van der Waals surface area contributed by atoms with E-state index in [2.05, 4.69) is 80.2 Å². The largest absolute Gasteiger partial charge is 0.476 e. The molecule has 22 atom stereocenters. The quantitative estimate of drug-likeness (QED) is 0.00621. The molecule has 8 fully saturated rings. The van der Waals surface area contributed by atoms with Crippen LogP contribution >= 0.6 is 31.0 Å². The van der Waals surface area contributed by atoms with Crippen LogP contribution in [0.2, 0.25) is 0 Å². The van der Waals surface area contributed by atoms with Crippen molar-refractivity contribution in [3.8, 4) is 23.5 Å². The van der Waals surface area contributed by atoms with Crippen LogP contribution in [-0.4, -0.2) is 278 Å². The molecule has 12 N–H and O–H groups in total. The molecular formula is C78H116F4N24O28P4. The monoisotopic (exact) mass is 2040 g/mol. The topological polar surface area (TPSA) is 648 Å². The van der Waals surface area contributed by atoms with Gasteiger partial charge in [-0.3, -0.25) is 73.6 Å². The SMILES string of the molecule is CCOc1nc(N)nc2c1ncn2[C@@H]1O[C@@H]2COP(=O)(NCCOC(=O)CC)O[C@H]2[C@@]1(C)F.CCOc1nc(N)nc2c1ncn2[C@@H]1O[C@@H]2CO[P@@](=O)(N[C@@H](CC)COC(=O)C(C)C)O[C@H]2[C@@]1(C)F.CCOc1nc(N)nc2c1ncn2[C@@H]1O[C@@H]2CO[P@](=O)(NCCOC(=O)CC)O[C@H]2[C@@]1(C)F.CCOc1nc(N)nc2c1ncn2[C@@H]1O[C@@H]2CO[P@](=O)(N[C@@H](CC)COC(=O)C(C)C)O[C@H]2[C@@]1(C)F. The van der Waals surface area contributed by atoms with Crippen molar-refractivity contribution in [3.63, 3.8) is 0 Å². The third kappa shape index (κ3) is 23.0. The molecular weight excluding hydrogens is 1920 g/mol. The summed E-state index contributed by atoms with van der Waals surface area (Å²) in [6.07, 6.45) is -6.38. The Balaban J connectivity index is 0.000000155. The maximum atomic E-state index is 16.3. The Morgan fingerprint density at radius 2 is 0.652 bits per heavy atom. The molecule has 16 heterocycles. The molecule has 1 unspecified atom stereocenters. The fourth-order valence-corrected chi connectivity index (χ4v) is 22.5. The fourth-order valence-electron chi connectivity index (χ4n) is 15.5.